The minimum absolute atomic E-state index is 0.518. The van der Waals surface area contributed by atoms with E-state index < -0.39 is 0 Å². The molecular formula is C16H22N4O. The smallest absolute Gasteiger partial charge is 0.0534 e. The normalized spacial score (nSPS) is 22.8. The van der Waals surface area contributed by atoms with Gasteiger partial charge in [-0.1, -0.05) is 0 Å². The van der Waals surface area contributed by atoms with E-state index in [1.807, 2.05) is 30.3 Å². The largest absolute Gasteiger partial charge is 0.384 e. The summed E-state index contributed by atoms with van der Waals surface area (Å²) in [5.41, 5.74) is 2.63. The molecule has 0 amide bonds. The van der Waals surface area contributed by atoms with Gasteiger partial charge in [-0.15, -0.1) is 0 Å². The van der Waals surface area contributed by atoms with Crippen molar-refractivity contribution in [3.05, 3.63) is 48.0 Å². The highest BCUT2D eigenvalue weighted by atomic mass is 16.5. The molecule has 0 unspecified atom stereocenters. The monoisotopic (exact) mass is 286 g/mol. The molecule has 0 spiro atoms. The van der Waals surface area contributed by atoms with Crippen LogP contribution in [0.2, 0.25) is 0 Å². The summed E-state index contributed by atoms with van der Waals surface area (Å²) in [5, 5.41) is 4.25. The van der Waals surface area contributed by atoms with Crippen molar-refractivity contribution >= 4 is 0 Å². The van der Waals surface area contributed by atoms with Gasteiger partial charge in [0, 0.05) is 69.8 Å². The van der Waals surface area contributed by atoms with E-state index in [0.717, 1.165) is 26.2 Å². The zero-order valence-corrected chi connectivity index (χ0v) is 12.6. The number of hydrogen-bond acceptors (Lipinski definition) is 4. The van der Waals surface area contributed by atoms with E-state index in [1.165, 1.54) is 11.1 Å². The van der Waals surface area contributed by atoms with Crippen molar-refractivity contribution in [2.75, 3.05) is 26.8 Å². The van der Waals surface area contributed by atoms with Gasteiger partial charge in [-0.3, -0.25) is 14.6 Å². The van der Waals surface area contributed by atoms with Crippen molar-refractivity contribution < 1.29 is 4.74 Å². The number of rotatable bonds is 5. The molecule has 2 aromatic rings. The van der Waals surface area contributed by atoms with Crippen LogP contribution in [-0.4, -0.2) is 46.5 Å². The molecule has 3 heterocycles. The quantitative estimate of drug-likeness (QED) is 0.839. The fraction of sp³-hybridized carbons (Fsp3) is 0.500. The lowest BCUT2D eigenvalue weighted by molar-refractivity contribution is 0.147. The van der Waals surface area contributed by atoms with E-state index in [1.54, 1.807) is 7.11 Å². The lowest BCUT2D eigenvalue weighted by Gasteiger charge is -2.17. The van der Waals surface area contributed by atoms with E-state index in [2.05, 4.69) is 33.3 Å². The predicted molar refractivity (Wildman–Crippen MR) is 80.8 cm³/mol. The average Bonchev–Trinajstić information content (AvgIpc) is 3.07. The highest BCUT2D eigenvalue weighted by Crippen LogP contribution is 2.33. The average molecular weight is 286 g/mol. The molecule has 5 heteroatoms. The summed E-state index contributed by atoms with van der Waals surface area (Å²) in [6.07, 6.45) is 7.79. The summed E-state index contributed by atoms with van der Waals surface area (Å²) >= 11 is 0. The SMILES string of the molecule is COC[C@@H]1CN(Cc2cnn(C)c2)C[C@H]1c1ccncc1. The van der Waals surface area contributed by atoms with E-state index >= 15 is 0 Å². The Kier molecular flexibility index (Phi) is 4.31. The fourth-order valence-electron chi connectivity index (χ4n) is 3.27. The van der Waals surface area contributed by atoms with E-state index in [0.29, 0.717) is 11.8 Å². The Balaban J connectivity index is 1.71. The van der Waals surface area contributed by atoms with Gasteiger partial charge in [-0.05, 0) is 17.7 Å². The topological polar surface area (TPSA) is 43.2 Å². The van der Waals surface area contributed by atoms with Crippen molar-refractivity contribution in [3.8, 4) is 0 Å². The molecule has 0 aromatic carbocycles. The number of methoxy groups -OCH3 is 1. The Morgan fingerprint density at radius 3 is 2.76 bits per heavy atom. The van der Waals surface area contributed by atoms with Gasteiger partial charge in [0.05, 0.1) is 12.8 Å². The molecule has 0 aliphatic carbocycles. The van der Waals surface area contributed by atoms with Gasteiger partial charge in [0.15, 0.2) is 0 Å². The number of likely N-dealkylation sites (tertiary alicyclic amines) is 1. The summed E-state index contributed by atoms with van der Waals surface area (Å²) < 4.78 is 7.28. The first kappa shape index (κ1) is 14.2. The van der Waals surface area contributed by atoms with Crippen LogP contribution in [0.1, 0.15) is 17.0 Å². The summed E-state index contributed by atoms with van der Waals surface area (Å²) in [7, 11) is 3.74. The van der Waals surface area contributed by atoms with Crippen LogP contribution in [0.3, 0.4) is 0 Å². The van der Waals surface area contributed by atoms with Gasteiger partial charge < -0.3 is 4.74 Å². The van der Waals surface area contributed by atoms with E-state index in [-0.39, 0.29) is 0 Å². The van der Waals surface area contributed by atoms with Gasteiger partial charge in [0.1, 0.15) is 0 Å². The maximum Gasteiger partial charge on any atom is 0.0534 e. The first-order valence-electron chi connectivity index (χ1n) is 7.35. The maximum absolute atomic E-state index is 5.42. The Hall–Kier alpha value is -1.72. The zero-order chi connectivity index (χ0) is 14.7. The molecule has 5 nitrogen and oxygen atoms in total. The van der Waals surface area contributed by atoms with Crippen LogP contribution < -0.4 is 0 Å². The number of nitrogens with zero attached hydrogens (tertiary/aromatic N) is 4. The second-order valence-electron chi connectivity index (χ2n) is 5.82. The fourth-order valence-corrected chi connectivity index (χ4v) is 3.27. The lowest BCUT2D eigenvalue weighted by Crippen LogP contribution is -2.21. The molecule has 0 radical (unpaired) electrons. The zero-order valence-electron chi connectivity index (χ0n) is 12.6. The molecule has 2 atom stereocenters. The first-order chi connectivity index (χ1) is 10.3. The molecule has 0 N–H and O–H groups in total. The van der Waals surface area contributed by atoms with Crippen molar-refractivity contribution in [1.82, 2.24) is 19.7 Å². The molecule has 3 rings (SSSR count). The molecule has 0 bridgehead atoms. The van der Waals surface area contributed by atoms with Gasteiger partial charge in [0.25, 0.3) is 0 Å². The minimum atomic E-state index is 0.518. The third kappa shape index (κ3) is 3.31. The second kappa shape index (κ2) is 6.37. The highest BCUT2D eigenvalue weighted by molar-refractivity contribution is 5.20. The van der Waals surface area contributed by atoms with Gasteiger partial charge >= 0.3 is 0 Å². The molecule has 1 fully saturated rings. The lowest BCUT2D eigenvalue weighted by atomic mass is 9.90. The Bertz CT molecular complexity index is 569. The Morgan fingerprint density at radius 1 is 1.29 bits per heavy atom. The summed E-state index contributed by atoms with van der Waals surface area (Å²) in [6.45, 7) is 3.88. The molecule has 1 aliphatic heterocycles. The molecule has 1 aliphatic rings. The Morgan fingerprint density at radius 2 is 2.10 bits per heavy atom. The second-order valence-corrected chi connectivity index (χ2v) is 5.82. The Labute approximate surface area is 125 Å². The molecule has 1 saturated heterocycles. The molecule has 21 heavy (non-hydrogen) atoms. The summed E-state index contributed by atoms with van der Waals surface area (Å²) in [6, 6.07) is 4.25. The predicted octanol–water partition coefficient (Wildman–Crippen LogP) is 1.68. The van der Waals surface area contributed by atoms with Crippen LogP contribution in [-0.2, 0) is 18.3 Å². The number of ether oxygens (including phenoxy) is 1. The standard InChI is InChI=1S/C16H22N4O/c1-19-8-13(7-18-19)9-20-10-15(12-21-2)16(11-20)14-3-5-17-6-4-14/h3-8,15-16H,9-12H2,1-2H3/t15-,16-/m0/s1. The van der Waals surface area contributed by atoms with E-state index in [4.69, 9.17) is 4.74 Å². The molecular weight excluding hydrogens is 264 g/mol. The van der Waals surface area contributed by atoms with Gasteiger partial charge in [-0.2, -0.15) is 5.10 Å². The van der Waals surface area contributed by atoms with Crippen LogP contribution in [0.4, 0.5) is 0 Å². The number of hydrogen-bond donors (Lipinski definition) is 0. The summed E-state index contributed by atoms with van der Waals surface area (Å²) in [4.78, 5) is 6.61. The maximum atomic E-state index is 5.42. The van der Waals surface area contributed by atoms with Crippen molar-refractivity contribution in [1.29, 1.82) is 0 Å². The molecule has 0 saturated carbocycles. The van der Waals surface area contributed by atoms with Gasteiger partial charge in [0.2, 0.25) is 0 Å². The van der Waals surface area contributed by atoms with Crippen molar-refractivity contribution in [2.45, 2.75) is 12.5 Å². The molecule has 2 aromatic heterocycles. The third-order valence-corrected chi connectivity index (χ3v) is 4.20. The van der Waals surface area contributed by atoms with Crippen LogP contribution in [0, 0.1) is 5.92 Å². The van der Waals surface area contributed by atoms with Crippen molar-refractivity contribution in [2.24, 2.45) is 13.0 Å². The van der Waals surface area contributed by atoms with E-state index in [9.17, 15) is 0 Å². The first-order valence-corrected chi connectivity index (χ1v) is 7.35. The van der Waals surface area contributed by atoms with Crippen LogP contribution >= 0.6 is 0 Å². The van der Waals surface area contributed by atoms with Crippen LogP contribution in [0.5, 0.6) is 0 Å². The summed E-state index contributed by atoms with van der Waals surface area (Å²) in [5.74, 6) is 1.05. The van der Waals surface area contributed by atoms with Crippen molar-refractivity contribution in [3.63, 3.8) is 0 Å². The van der Waals surface area contributed by atoms with Crippen LogP contribution in [0.25, 0.3) is 0 Å². The minimum Gasteiger partial charge on any atom is -0.384 e. The highest BCUT2D eigenvalue weighted by Gasteiger charge is 2.33. The number of pyridine rings is 1. The third-order valence-electron chi connectivity index (χ3n) is 4.20. The number of aromatic nitrogens is 3. The van der Waals surface area contributed by atoms with Crippen LogP contribution in [0.15, 0.2) is 36.9 Å². The van der Waals surface area contributed by atoms with Gasteiger partial charge in [-0.25, -0.2) is 0 Å². The number of aryl methyl sites for hydroxylation is 1. The molecule has 112 valence electrons.